The molecule has 6 nitrogen and oxygen atoms in total. The summed E-state index contributed by atoms with van der Waals surface area (Å²) >= 11 is 0. The van der Waals surface area contributed by atoms with Crippen molar-refractivity contribution in [2.75, 3.05) is 38.0 Å². The van der Waals surface area contributed by atoms with Crippen LogP contribution in [0.15, 0.2) is 10.6 Å². The van der Waals surface area contributed by atoms with Gasteiger partial charge in [-0.2, -0.15) is 0 Å². The Labute approximate surface area is 108 Å². The maximum absolute atomic E-state index is 11.5. The van der Waals surface area contributed by atoms with Crippen molar-refractivity contribution in [1.82, 2.24) is 15.4 Å². The topological polar surface area (TPSA) is 70.4 Å². The first-order chi connectivity index (χ1) is 8.65. The molecule has 0 fully saturated rings. The van der Waals surface area contributed by atoms with Gasteiger partial charge in [-0.3, -0.25) is 4.79 Å². The van der Waals surface area contributed by atoms with E-state index in [-0.39, 0.29) is 12.5 Å². The van der Waals surface area contributed by atoms with Crippen LogP contribution >= 0.6 is 0 Å². The number of nitrogens with one attached hydrogen (secondary N) is 2. The standard InChI is InChI=1S/C12H22N4O2/c1-4-16(5-2)7-6-13-9-12(17)14-11-8-10(3)18-15-11/h8,13H,4-7,9H2,1-3H3,(H,14,15,17). The normalized spacial score (nSPS) is 10.9. The summed E-state index contributed by atoms with van der Waals surface area (Å²) in [6, 6.07) is 1.69. The van der Waals surface area contributed by atoms with Crippen LogP contribution in [-0.2, 0) is 4.79 Å². The predicted molar refractivity (Wildman–Crippen MR) is 70.5 cm³/mol. The van der Waals surface area contributed by atoms with Gasteiger partial charge >= 0.3 is 0 Å². The summed E-state index contributed by atoms with van der Waals surface area (Å²) in [5, 5.41) is 9.45. The minimum atomic E-state index is -0.108. The van der Waals surface area contributed by atoms with Gasteiger partial charge in [-0.05, 0) is 20.0 Å². The Morgan fingerprint density at radius 2 is 2.17 bits per heavy atom. The highest BCUT2D eigenvalue weighted by molar-refractivity contribution is 5.91. The molecule has 0 aliphatic carbocycles. The van der Waals surface area contributed by atoms with Gasteiger partial charge in [0.05, 0.1) is 6.54 Å². The Bertz CT molecular complexity index is 361. The number of amides is 1. The summed E-state index contributed by atoms with van der Waals surface area (Å²) < 4.78 is 4.86. The van der Waals surface area contributed by atoms with Crippen molar-refractivity contribution in [3.8, 4) is 0 Å². The summed E-state index contributed by atoms with van der Waals surface area (Å²) in [6.45, 7) is 10.1. The van der Waals surface area contributed by atoms with Crippen LogP contribution in [0.5, 0.6) is 0 Å². The number of carbonyl (C=O) groups is 1. The molecule has 0 aliphatic heterocycles. The first-order valence-electron chi connectivity index (χ1n) is 6.32. The van der Waals surface area contributed by atoms with Gasteiger partial charge in [-0.1, -0.05) is 19.0 Å². The van der Waals surface area contributed by atoms with Gasteiger partial charge in [-0.25, -0.2) is 0 Å². The SMILES string of the molecule is CCN(CC)CCNCC(=O)Nc1cc(C)on1. The summed E-state index contributed by atoms with van der Waals surface area (Å²) in [7, 11) is 0. The van der Waals surface area contributed by atoms with Gasteiger partial charge < -0.3 is 20.1 Å². The van der Waals surface area contributed by atoms with E-state index >= 15 is 0 Å². The van der Waals surface area contributed by atoms with Gasteiger partial charge in [0, 0.05) is 19.2 Å². The first kappa shape index (κ1) is 14.7. The molecule has 2 N–H and O–H groups in total. The second-order valence-corrected chi connectivity index (χ2v) is 4.07. The monoisotopic (exact) mass is 254 g/mol. The molecule has 1 aromatic heterocycles. The van der Waals surface area contributed by atoms with Crippen LogP contribution in [0, 0.1) is 6.92 Å². The third-order valence-corrected chi connectivity index (χ3v) is 2.68. The Hall–Kier alpha value is -1.40. The van der Waals surface area contributed by atoms with E-state index in [0.717, 1.165) is 26.2 Å². The van der Waals surface area contributed by atoms with Crippen molar-refractivity contribution in [2.45, 2.75) is 20.8 Å². The number of carbonyl (C=O) groups excluding carboxylic acids is 1. The predicted octanol–water partition coefficient (Wildman–Crippen LogP) is 0.853. The van der Waals surface area contributed by atoms with Gasteiger partial charge in [0.1, 0.15) is 5.76 Å². The van der Waals surface area contributed by atoms with Crippen LogP contribution in [-0.4, -0.2) is 48.7 Å². The summed E-state index contributed by atoms with van der Waals surface area (Å²) in [4.78, 5) is 13.8. The Morgan fingerprint density at radius 1 is 1.44 bits per heavy atom. The highest BCUT2D eigenvalue weighted by Crippen LogP contribution is 2.06. The summed E-state index contributed by atoms with van der Waals surface area (Å²) in [5.41, 5.74) is 0. The molecule has 1 heterocycles. The van der Waals surface area contributed by atoms with Crippen LogP contribution in [0.2, 0.25) is 0 Å². The molecule has 102 valence electrons. The van der Waals surface area contributed by atoms with Crippen molar-refractivity contribution >= 4 is 11.7 Å². The van der Waals surface area contributed by atoms with E-state index in [2.05, 4.69) is 34.5 Å². The van der Waals surface area contributed by atoms with Crippen molar-refractivity contribution in [1.29, 1.82) is 0 Å². The average Bonchev–Trinajstić information content (AvgIpc) is 2.75. The minimum absolute atomic E-state index is 0.108. The van der Waals surface area contributed by atoms with Gasteiger partial charge in [0.15, 0.2) is 5.82 Å². The van der Waals surface area contributed by atoms with Gasteiger partial charge in [0.25, 0.3) is 0 Å². The smallest absolute Gasteiger partial charge is 0.239 e. The second-order valence-electron chi connectivity index (χ2n) is 4.07. The number of aryl methyl sites for hydroxylation is 1. The molecular weight excluding hydrogens is 232 g/mol. The minimum Gasteiger partial charge on any atom is -0.360 e. The quantitative estimate of drug-likeness (QED) is 0.673. The van der Waals surface area contributed by atoms with Crippen molar-refractivity contribution in [2.24, 2.45) is 0 Å². The summed E-state index contributed by atoms with van der Waals surface area (Å²) in [6.07, 6.45) is 0. The first-order valence-corrected chi connectivity index (χ1v) is 6.32. The lowest BCUT2D eigenvalue weighted by molar-refractivity contribution is -0.115. The van der Waals surface area contributed by atoms with E-state index in [1.54, 1.807) is 13.0 Å². The number of hydrogen-bond acceptors (Lipinski definition) is 5. The lowest BCUT2D eigenvalue weighted by Crippen LogP contribution is -2.35. The van der Waals surface area contributed by atoms with Gasteiger partial charge in [-0.15, -0.1) is 0 Å². The highest BCUT2D eigenvalue weighted by Gasteiger charge is 2.05. The molecule has 0 bridgehead atoms. The summed E-state index contributed by atoms with van der Waals surface area (Å²) in [5.74, 6) is 1.03. The number of aromatic nitrogens is 1. The zero-order valence-electron chi connectivity index (χ0n) is 11.3. The lowest BCUT2D eigenvalue weighted by atomic mass is 10.4. The van der Waals surface area contributed by atoms with Crippen LogP contribution in [0.3, 0.4) is 0 Å². The molecule has 0 aliphatic rings. The molecule has 18 heavy (non-hydrogen) atoms. The maximum Gasteiger partial charge on any atom is 0.239 e. The number of anilines is 1. The number of likely N-dealkylation sites (N-methyl/N-ethyl adjacent to an activating group) is 1. The molecule has 0 aromatic carbocycles. The van der Waals surface area contributed by atoms with E-state index < -0.39 is 0 Å². The average molecular weight is 254 g/mol. The fourth-order valence-corrected chi connectivity index (χ4v) is 1.59. The van der Waals surface area contributed by atoms with E-state index in [1.165, 1.54) is 0 Å². The van der Waals surface area contributed by atoms with Crippen LogP contribution in [0.4, 0.5) is 5.82 Å². The number of rotatable bonds is 8. The fourth-order valence-electron chi connectivity index (χ4n) is 1.59. The molecule has 0 atom stereocenters. The Balaban J connectivity index is 2.14. The molecule has 0 spiro atoms. The van der Waals surface area contributed by atoms with E-state index in [1.807, 2.05) is 0 Å². The Morgan fingerprint density at radius 3 is 2.72 bits per heavy atom. The van der Waals surface area contributed by atoms with Crippen LogP contribution in [0.1, 0.15) is 19.6 Å². The number of hydrogen-bond donors (Lipinski definition) is 2. The molecule has 0 saturated carbocycles. The van der Waals surface area contributed by atoms with Crippen LogP contribution in [0.25, 0.3) is 0 Å². The van der Waals surface area contributed by atoms with Crippen molar-refractivity contribution in [3.63, 3.8) is 0 Å². The van der Waals surface area contributed by atoms with Crippen molar-refractivity contribution < 1.29 is 9.32 Å². The zero-order chi connectivity index (χ0) is 13.4. The zero-order valence-corrected chi connectivity index (χ0v) is 11.3. The fraction of sp³-hybridized carbons (Fsp3) is 0.667. The van der Waals surface area contributed by atoms with Crippen LogP contribution < -0.4 is 10.6 Å². The van der Waals surface area contributed by atoms with E-state index in [0.29, 0.717) is 11.6 Å². The lowest BCUT2D eigenvalue weighted by Gasteiger charge is -2.17. The van der Waals surface area contributed by atoms with E-state index in [9.17, 15) is 4.79 Å². The molecule has 1 rings (SSSR count). The molecule has 1 aromatic rings. The second kappa shape index (κ2) is 7.84. The molecule has 0 saturated heterocycles. The third-order valence-electron chi connectivity index (χ3n) is 2.68. The molecule has 6 heteroatoms. The largest absolute Gasteiger partial charge is 0.360 e. The van der Waals surface area contributed by atoms with Gasteiger partial charge in [0.2, 0.25) is 5.91 Å². The van der Waals surface area contributed by atoms with E-state index in [4.69, 9.17) is 4.52 Å². The highest BCUT2D eigenvalue weighted by atomic mass is 16.5. The molecular formula is C12H22N4O2. The third kappa shape index (κ3) is 5.29. The molecule has 1 amide bonds. The Kier molecular flexibility index (Phi) is 6.38. The molecule has 0 radical (unpaired) electrons. The molecule has 0 unspecified atom stereocenters. The number of nitrogens with zero attached hydrogens (tertiary/aromatic N) is 2. The van der Waals surface area contributed by atoms with Crippen molar-refractivity contribution in [3.05, 3.63) is 11.8 Å². The maximum atomic E-state index is 11.5.